The highest BCUT2D eigenvalue weighted by atomic mass is 16.6. The summed E-state index contributed by atoms with van der Waals surface area (Å²) in [5.41, 5.74) is 7.71. The number of anilines is 1. The standard InChI is InChI=1S/C17H19N5O4/c18-15-12-16(20-8-19-15)22(9-21-12)17-14(13(24)11(6-23)26-17)25-7-10-4-2-1-3-5-10/h1-5,8-9,11,13-14,17,23-24H,6-7H2,(H2,18,19,20)/t11-,13-,14-,17-/m0/s1. The summed E-state index contributed by atoms with van der Waals surface area (Å²) in [6, 6.07) is 9.61. The van der Waals surface area contributed by atoms with Gasteiger partial charge in [0.2, 0.25) is 0 Å². The van der Waals surface area contributed by atoms with E-state index >= 15 is 0 Å². The third-order valence-electron chi connectivity index (χ3n) is 4.44. The molecule has 0 amide bonds. The molecule has 4 rings (SSSR count). The summed E-state index contributed by atoms with van der Waals surface area (Å²) in [5, 5.41) is 20.0. The Kier molecular flexibility index (Phi) is 4.51. The van der Waals surface area contributed by atoms with Gasteiger partial charge in [-0.2, -0.15) is 0 Å². The number of rotatable bonds is 5. The van der Waals surface area contributed by atoms with Crippen molar-refractivity contribution < 1.29 is 19.7 Å². The smallest absolute Gasteiger partial charge is 0.167 e. The van der Waals surface area contributed by atoms with Crippen LogP contribution in [-0.2, 0) is 16.1 Å². The van der Waals surface area contributed by atoms with Gasteiger partial charge in [0.15, 0.2) is 17.7 Å². The van der Waals surface area contributed by atoms with Gasteiger partial charge in [-0.15, -0.1) is 0 Å². The van der Waals surface area contributed by atoms with E-state index in [9.17, 15) is 10.2 Å². The molecule has 0 aliphatic carbocycles. The Bertz CT molecular complexity index is 887. The van der Waals surface area contributed by atoms with E-state index in [1.807, 2.05) is 30.3 Å². The fourth-order valence-corrected chi connectivity index (χ4v) is 3.10. The fourth-order valence-electron chi connectivity index (χ4n) is 3.10. The third-order valence-corrected chi connectivity index (χ3v) is 4.44. The van der Waals surface area contributed by atoms with Crippen molar-refractivity contribution in [3.8, 4) is 0 Å². The predicted molar refractivity (Wildman–Crippen MR) is 91.8 cm³/mol. The average Bonchev–Trinajstić information content (AvgIpc) is 3.23. The van der Waals surface area contributed by atoms with Crippen LogP contribution in [0.1, 0.15) is 11.8 Å². The van der Waals surface area contributed by atoms with Crippen molar-refractivity contribution in [2.24, 2.45) is 0 Å². The quantitative estimate of drug-likeness (QED) is 0.592. The second-order valence-electron chi connectivity index (χ2n) is 6.08. The lowest BCUT2D eigenvalue weighted by molar-refractivity contribution is -0.0761. The van der Waals surface area contributed by atoms with Crippen LogP contribution in [0.3, 0.4) is 0 Å². The van der Waals surface area contributed by atoms with Crippen LogP contribution < -0.4 is 5.73 Å². The van der Waals surface area contributed by atoms with Crippen molar-refractivity contribution >= 4 is 17.0 Å². The third kappa shape index (κ3) is 2.90. The number of aliphatic hydroxyl groups excluding tert-OH is 2. The summed E-state index contributed by atoms with van der Waals surface area (Å²) in [5.74, 6) is 0.257. The summed E-state index contributed by atoms with van der Waals surface area (Å²) >= 11 is 0. The number of nitrogen functional groups attached to an aromatic ring is 1. The Morgan fingerprint density at radius 3 is 2.77 bits per heavy atom. The van der Waals surface area contributed by atoms with Gasteiger partial charge in [-0.25, -0.2) is 15.0 Å². The Balaban J connectivity index is 1.64. The minimum absolute atomic E-state index is 0.257. The van der Waals surface area contributed by atoms with Gasteiger partial charge in [0.05, 0.1) is 19.5 Å². The second kappa shape index (κ2) is 6.96. The number of hydrogen-bond acceptors (Lipinski definition) is 8. The van der Waals surface area contributed by atoms with Crippen LogP contribution >= 0.6 is 0 Å². The summed E-state index contributed by atoms with van der Waals surface area (Å²) in [4.78, 5) is 12.3. The van der Waals surface area contributed by atoms with Crippen molar-refractivity contribution in [3.63, 3.8) is 0 Å². The highest BCUT2D eigenvalue weighted by molar-refractivity contribution is 5.81. The van der Waals surface area contributed by atoms with Crippen LogP contribution in [-0.4, -0.2) is 54.7 Å². The number of fused-ring (bicyclic) bond motifs is 1. The number of imidazole rings is 1. The number of benzene rings is 1. The topological polar surface area (TPSA) is 129 Å². The molecule has 0 unspecified atom stereocenters. The zero-order chi connectivity index (χ0) is 18.1. The van der Waals surface area contributed by atoms with Crippen molar-refractivity contribution in [2.75, 3.05) is 12.3 Å². The minimum atomic E-state index is -0.995. The molecule has 9 heteroatoms. The van der Waals surface area contributed by atoms with Crippen molar-refractivity contribution in [3.05, 3.63) is 48.5 Å². The molecule has 9 nitrogen and oxygen atoms in total. The van der Waals surface area contributed by atoms with Crippen LogP contribution in [0.2, 0.25) is 0 Å². The van der Waals surface area contributed by atoms with Gasteiger partial charge in [0.25, 0.3) is 0 Å². The van der Waals surface area contributed by atoms with Gasteiger partial charge < -0.3 is 25.4 Å². The SMILES string of the molecule is Nc1ncnc2c1ncn2[C@H]1O[C@@H](CO)[C@H](O)[C@@H]1OCc1ccccc1. The lowest BCUT2D eigenvalue weighted by Crippen LogP contribution is -2.35. The minimum Gasteiger partial charge on any atom is -0.394 e. The van der Waals surface area contributed by atoms with Gasteiger partial charge in [-0.1, -0.05) is 30.3 Å². The maximum absolute atomic E-state index is 10.5. The molecule has 1 aliphatic rings. The van der Waals surface area contributed by atoms with E-state index < -0.39 is 24.5 Å². The Morgan fingerprint density at radius 1 is 1.19 bits per heavy atom. The molecule has 4 N–H and O–H groups in total. The van der Waals surface area contributed by atoms with E-state index in [-0.39, 0.29) is 12.4 Å². The van der Waals surface area contributed by atoms with Gasteiger partial charge in [-0.3, -0.25) is 4.57 Å². The average molecular weight is 357 g/mol. The molecular weight excluding hydrogens is 338 g/mol. The molecule has 0 spiro atoms. The number of hydrogen-bond donors (Lipinski definition) is 3. The monoisotopic (exact) mass is 357 g/mol. The zero-order valence-electron chi connectivity index (χ0n) is 13.8. The number of nitrogens with two attached hydrogens (primary N) is 1. The molecule has 1 saturated heterocycles. The molecule has 0 saturated carbocycles. The highest BCUT2D eigenvalue weighted by Crippen LogP contribution is 2.34. The molecule has 3 heterocycles. The molecule has 1 fully saturated rings. The maximum Gasteiger partial charge on any atom is 0.167 e. The van der Waals surface area contributed by atoms with Crippen LogP contribution in [0, 0.1) is 0 Å². The summed E-state index contributed by atoms with van der Waals surface area (Å²) in [7, 11) is 0. The van der Waals surface area contributed by atoms with E-state index in [2.05, 4.69) is 15.0 Å². The molecule has 4 atom stereocenters. The summed E-state index contributed by atoms with van der Waals surface area (Å²) < 4.78 is 13.4. The fraction of sp³-hybridized carbons (Fsp3) is 0.353. The molecule has 1 aliphatic heterocycles. The van der Waals surface area contributed by atoms with Crippen LogP contribution in [0.4, 0.5) is 5.82 Å². The van der Waals surface area contributed by atoms with Crippen molar-refractivity contribution in [1.82, 2.24) is 19.5 Å². The number of aliphatic hydroxyl groups is 2. The van der Waals surface area contributed by atoms with E-state index in [1.54, 1.807) is 4.57 Å². The zero-order valence-corrected chi connectivity index (χ0v) is 13.8. The molecule has 136 valence electrons. The number of nitrogens with zero attached hydrogens (tertiary/aromatic N) is 4. The normalized spacial score (nSPS) is 25.8. The van der Waals surface area contributed by atoms with E-state index in [4.69, 9.17) is 15.2 Å². The molecule has 3 aromatic rings. The summed E-state index contributed by atoms with van der Waals surface area (Å²) in [6.07, 6.45) is -0.315. The van der Waals surface area contributed by atoms with E-state index in [0.29, 0.717) is 17.8 Å². The molecule has 0 bridgehead atoms. The molecule has 2 aromatic heterocycles. The van der Waals surface area contributed by atoms with E-state index in [1.165, 1.54) is 12.7 Å². The first-order valence-corrected chi connectivity index (χ1v) is 8.22. The van der Waals surface area contributed by atoms with Crippen LogP contribution in [0.15, 0.2) is 43.0 Å². The largest absolute Gasteiger partial charge is 0.394 e. The van der Waals surface area contributed by atoms with Gasteiger partial charge in [-0.05, 0) is 5.56 Å². The lowest BCUT2D eigenvalue weighted by Gasteiger charge is -2.22. The first-order chi connectivity index (χ1) is 12.7. The molecule has 26 heavy (non-hydrogen) atoms. The molecule has 0 radical (unpaired) electrons. The number of aromatic nitrogens is 4. The Labute approximate surface area is 149 Å². The Hall–Kier alpha value is -2.59. The first kappa shape index (κ1) is 16.9. The van der Waals surface area contributed by atoms with Crippen LogP contribution in [0.5, 0.6) is 0 Å². The number of ether oxygens (including phenoxy) is 2. The van der Waals surface area contributed by atoms with Crippen LogP contribution in [0.25, 0.3) is 11.2 Å². The molecular formula is C17H19N5O4. The Morgan fingerprint density at radius 2 is 2.00 bits per heavy atom. The van der Waals surface area contributed by atoms with E-state index in [0.717, 1.165) is 5.56 Å². The van der Waals surface area contributed by atoms with Gasteiger partial charge in [0.1, 0.15) is 30.2 Å². The van der Waals surface area contributed by atoms with Crippen molar-refractivity contribution in [1.29, 1.82) is 0 Å². The van der Waals surface area contributed by atoms with Crippen molar-refractivity contribution in [2.45, 2.75) is 31.1 Å². The molecule has 1 aromatic carbocycles. The predicted octanol–water partition coefficient (Wildman–Crippen LogP) is 0.244. The maximum atomic E-state index is 10.5. The lowest BCUT2D eigenvalue weighted by atomic mass is 10.1. The van der Waals surface area contributed by atoms with Gasteiger partial charge >= 0.3 is 0 Å². The van der Waals surface area contributed by atoms with Gasteiger partial charge in [0, 0.05) is 0 Å². The summed E-state index contributed by atoms with van der Waals surface area (Å²) in [6.45, 7) is -0.0308. The highest BCUT2D eigenvalue weighted by Gasteiger charge is 2.45. The first-order valence-electron chi connectivity index (χ1n) is 8.22. The second-order valence-corrected chi connectivity index (χ2v) is 6.08.